The highest BCUT2D eigenvalue weighted by atomic mass is 16.5. The largest absolute Gasteiger partial charge is 0.384 e. The first-order valence-electron chi connectivity index (χ1n) is 7.56. The maximum Gasteiger partial charge on any atom is 0.122 e. The monoisotopic (exact) mass is 263 g/mol. The Morgan fingerprint density at radius 2 is 2.11 bits per heavy atom. The first kappa shape index (κ1) is 13.1. The number of aromatic nitrogens is 2. The summed E-state index contributed by atoms with van der Waals surface area (Å²) >= 11 is 0. The van der Waals surface area contributed by atoms with Gasteiger partial charge in [0.15, 0.2) is 0 Å². The van der Waals surface area contributed by atoms with Crippen molar-refractivity contribution in [2.75, 3.05) is 26.8 Å². The molecule has 1 aliphatic carbocycles. The van der Waals surface area contributed by atoms with Crippen molar-refractivity contribution in [1.82, 2.24) is 14.5 Å². The third-order valence-corrected chi connectivity index (χ3v) is 4.53. The number of rotatable bonds is 4. The third kappa shape index (κ3) is 3.18. The van der Waals surface area contributed by atoms with Crippen molar-refractivity contribution in [3.8, 4) is 0 Å². The molecule has 0 saturated heterocycles. The molecule has 1 saturated carbocycles. The average molecular weight is 263 g/mol. The van der Waals surface area contributed by atoms with Crippen molar-refractivity contribution < 1.29 is 4.74 Å². The summed E-state index contributed by atoms with van der Waals surface area (Å²) in [4.78, 5) is 7.12. The summed E-state index contributed by atoms with van der Waals surface area (Å²) in [5.41, 5.74) is 0. The summed E-state index contributed by atoms with van der Waals surface area (Å²) in [7, 11) is 1.81. The third-order valence-electron chi connectivity index (χ3n) is 4.53. The Hall–Kier alpha value is -0.870. The maximum atomic E-state index is 5.39. The summed E-state index contributed by atoms with van der Waals surface area (Å²) in [5.74, 6) is 2.71. The van der Waals surface area contributed by atoms with Crippen molar-refractivity contribution in [3.05, 3.63) is 18.2 Å². The van der Waals surface area contributed by atoms with Gasteiger partial charge in [0, 0.05) is 45.1 Å². The number of fused-ring (bicyclic) bond motifs is 1. The molecule has 1 aromatic heterocycles. The topological polar surface area (TPSA) is 30.3 Å². The molecular weight excluding hydrogens is 238 g/mol. The fourth-order valence-electron chi connectivity index (χ4n) is 3.66. The molecule has 0 bridgehead atoms. The Morgan fingerprint density at radius 3 is 2.89 bits per heavy atom. The Morgan fingerprint density at radius 1 is 1.26 bits per heavy atom. The highest BCUT2D eigenvalue weighted by Crippen LogP contribution is 2.27. The van der Waals surface area contributed by atoms with Gasteiger partial charge in [-0.2, -0.15) is 0 Å². The summed E-state index contributed by atoms with van der Waals surface area (Å²) in [6.45, 7) is 5.29. The van der Waals surface area contributed by atoms with E-state index in [0.717, 1.165) is 32.2 Å². The fourth-order valence-corrected chi connectivity index (χ4v) is 3.66. The molecule has 1 atom stereocenters. The highest BCUT2D eigenvalue weighted by Gasteiger charge is 2.25. The average Bonchev–Trinajstić information content (AvgIpc) is 3.00. The summed E-state index contributed by atoms with van der Waals surface area (Å²) < 4.78 is 7.69. The molecule has 0 spiro atoms. The molecule has 0 amide bonds. The molecule has 19 heavy (non-hydrogen) atoms. The summed E-state index contributed by atoms with van der Waals surface area (Å²) in [6, 6.07) is 0. The number of hydrogen-bond acceptors (Lipinski definition) is 3. The SMILES string of the molecule is COCC1CN(CC2CCCC2)Cc2nccn2C1. The molecule has 3 rings (SSSR count). The normalized spacial score (nSPS) is 25.4. The standard InChI is InChI=1S/C15H25N3O/c1-19-12-14-9-17(8-13-4-2-3-5-13)11-15-16-6-7-18(15)10-14/h6-7,13-14H,2-5,8-12H2,1H3. The van der Waals surface area contributed by atoms with E-state index in [2.05, 4.69) is 20.6 Å². The molecule has 1 unspecified atom stereocenters. The number of imidazole rings is 1. The van der Waals surface area contributed by atoms with Gasteiger partial charge >= 0.3 is 0 Å². The van der Waals surface area contributed by atoms with Crippen LogP contribution in [-0.4, -0.2) is 41.3 Å². The van der Waals surface area contributed by atoms with E-state index in [-0.39, 0.29) is 0 Å². The van der Waals surface area contributed by atoms with Gasteiger partial charge < -0.3 is 9.30 Å². The van der Waals surface area contributed by atoms with Crippen LogP contribution in [0.25, 0.3) is 0 Å². The first-order chi connectivity index (χ1) is 9.35. The summed E-state index contributed by atoms with van der Waals surface area (Å²) in [6.07, 6.45) is 9.72. The number of ether oxygens (including phenoxy) is 1. The molecule has 4 nitrogen and oxygen atoms in total. The van der Waals surface area contributed by atoms with Crippen LogP contribution < -0.4 is 0 Å². The lowest BCUT2D eigenvalue weighted by Crippen LogP contribution is -2.33. The predicted octanol–water partition coefficient (Wildman–Crippen LogP) is 2.15. The van der Waals surface area contributed by atoms with Crippen LogP contribution in [0, 0.1) is 11.8 Å². The van der Waals surface area contributed by atoms with Crippen molar-refractivity contribution in [2.45, 2.75) is 38.8 Å². The van der Waals surface area contributed by atoms with Crippen LogP contribution in [0.2, 0.25) is 0 Å². The molecule has 1 fully saturated rings. The van der Waals surface area contributed by atoms with Crippen LogP contribution in [0.5, 0.6) is 0 Å². The van der Waals surface area contributed by atoms with Crippen LogP contribution in [0.15, 0.2) is 12.4 Å². The van der Waals surface area contributed by atoms with Gasteiger partial charge in [-0.05, 0) is 18.8 Å². The van der Waals surface area contributed by atoms with Gasteiger partial charge in [0.05, 0.1) is 13.2 Å². The first-order valence-corrected chi connectivity index (χ1v) is 7.56. The van der Waals surface area contributed by atoms with E-state index < -0.39 is 0 Å². The van der Waals surface area contributed by atoms with Crippen LogP contribution in [0.4, 0.5) is 0 Å². The minimum absolute atomic E-state index is 0.585. The van der Waals surface area contributed by atoms with Crippen molar-refractivity contribution in [2.24, 2.45) is 11.8 Å². The quantitative estimate of drug-likeness (QED) is 0.834. The lowest BCUT2D eigenvalue weighted by molar-refractivity contribution is 0.111. The Kier molecular flexibility index (Phi) is 4.18. The fraction of sp³-hybridized carbons (Fsp3) is 0.800. The predicted molar refractivity (Wildman–Crippen MR) is 74.8 cm³/mol. The second-order valence-corrected chi connectivity index (χ2v) is 6.16. The van der Waals surface area contributed by atoms with Crippen LogP contribution in [0.1, 0.15) is 31.5 Å². The van der Waals surface area contributed by atoms with E-state index in [1.54, 1.807) is 7.11 Å². The number of hydrogen-bond donors (Lipinski definition) is 0. The van der Waals surface area contributed by atoms with E-state index in [1.807, 2.05) is 6.20 Å². The minimum Gasteiger partial charge on any atom is -0.384 e. The van der Waals surface area contributed by atoms with Gasteiger partial charge in [-0.3, -0.25) is 4.90 Å². The van der Waals surface area contributed by atoms with Gasteiger partial charge in [0.2, 0.25) is 0 Å². The van der Waals surface area contributed by atoms with E-state index in [4.69, 9.17) is 4.74 Å². The van der Waals surface area contributed by atoms with Gasteiger partial charge in [-0.25, -0.2) is 4.98 Å². The van der Waals surface area contributed by atoms with Crippen molar-refractivity contribution in [3.63, 3.8) is 0 Å². The molecule has 4 heteroatoms. The molecule has 0 radical (unpaired) electrons. The lowest BCUT2D eigenvalue weighted by atomic mass is 10.1. The van der Waals surface area contributed by atoms with E-state index in [9.17, 15) is 0 Å². The smallest absolute Gasteiger partial charge is 0.122 e. The second-order valence-electron chi connectivity index (χ2n) is 6.16. The zero-order chi connectivity index (χ0) is 13.1. The Labute approximate surface area is 115 Å². The molecule has 0 aromatic carbocycles. The van der Waals surface area contributed by atoms with Crippen molar-refractivity contribution in [1.29, 1.82) is 0 Å². The van der Waals surface area contributed by atoms with E-state index >= 15 is 0 Å². The van der Waals surface area contributed by atoms with Crippen LogP contribution >= 0.6 is 0 Å². The Bertz CT molecular complexity index is 398. The van der Waals surface area contributed by atoms with Crippen molar-refractivity contribution >= 4 is 0 Å². The Balaban J connectivity index is 1.68. The maximum absolute atomic E-state index is 5.39. The zero-order valence-electron chi connectivity index (χ0n) is 11.9. The molecule has 1 aromatic rings. The van der Waals surface area contributed by atoms with Gasteiger partial charge in [-0.1, -0.05) is 12.8 Å². The highest BCUT2D eigenvalue weighted by molar-refractivity contribution is 4.96. The molecule has 1 aliphatic heterocycles. The minimum atomic E-state index is 0.585. The number of nitrogens with zero attached hydrogens (tertiary/aromatic N) is 3. The molecular formula is C15H25N3O. The number of methoxy groups -OCH3 is 1. The zero-order valence-corrected chi connectivity index (χ0v) is 11.9. The van der Waals surface area contributed by atoms with E-state index in [0.29, 0.717) is 5.92 Å². The van der Waals surface area contributed by atoms with Gasteiger partial charge in [0.1, 0.15) is 5.82 Å². The van der Waals surface area contributed by atoms with Gasteiger partial charge in [0.25, 0.3) is 0 Å². The van der Waals surface area contributed by atoms with Crippen LogP contribution in [-0.2, 0) is 17.8 Å². The van der Waals surface area contributed by atoms with E-state index in [1.165, 1.54) is 38.1 Å². The lowest BCUT2D eigenvalue weighted by Gasteiger charge is -2.26. The molecule has 0 N–H and O–H groups in total. The second kappa shape index (κ2) is 6.06. The summed E-state index contributed by atoms with van der Waals surface area (Å²) in [5, 5.41) is 0. The molecule has 106 valence electrons. The van der Waals surface area contributed by atoms with Gasteiger partial charge in [-0.15, -0.1) is 0 Å². The molecule has 2 aliphatic rings. The molecule has 2 heterocycles. The van der Waals surface area contributed by atoms with Crippen LogP contribution in [0.3, 0.4) is 0 Å².